The quantitative estimate of drug-likeness (QED) is 0.543. The van der Waals surface area contributed by atoms with Crippen LogP contribution >= 0.6 is 0 Å². The van der Waals surface area contributed by atoms with Gasteiger partial charge in [-0.05, 0) is 18.1 Å². The standard InChI is InChI=1S/C22H18F3N3O4/c1-12-7-5-6-10-14(12)16-18(32-21(28-16)22(23,24)25)20(31)27-15(17(29)19(26)30)11-13-8-3-2-4-9-13/h2-10,15H,11H2,1H3,(H2,26,30)(H,27,31). The van der Waals surface area contributed by atoms with E-state index in [0.29, 0.717) is 11.1 Å². The maximum atomic E-state index is 13.2. The number of primary amides is 1. The minimum Gasteiger partial charge on any atom is -0.427 e. The first kappa shape index (κ1) is 22.7. The molecule has 0 saturated carbocycles. The first-order chi connectivity index (χ1) is 15.1. The number of carbonyl (C=O) groups is 3. The summed E-state index contributed by atoms with van der Waals surface area (Å²) >= 11 is 0. The third kappa shape index (κ3) is 5.02. The van der Waals surface area contributed by atoms with Crippen molar-refractivity contribution >= 4 is 17.6 Å². The van der Waals surface area contributed by atoms with Crippen molar-refractivity contribution in [3.63, 3.8) is 0 Å². The number of aryl methyl sites for hydroxylation is 1. The number of oxazole rings is 1. The van der Waals surface area contributed by atoms with Crippen molar-refractivity contribution in [2.24, 2.45) is 5.73 Å². The highest BCUT2D eigenvalue weighted by Gasteiger charge is 2.40. The average Bonchev–Trinajstić information content (AvgIpc) is 3.19. The van der Waals surface area contributed by atoms with Gasteiger partial charge < -0.3 is 15.5 Å². The van der Waals surface area contributed by atoms with Crippen LogP contribution in [-0.2, 0) is 22.2 Å². The summed E-state index contributed by atoms with van der Waals surface area (Å²) in [6.45, 7) is 1.63. The summed E-state index contributed by atoms with van der Waals surface area (Å²) in [5.74, 6) is -5.88. The van der Waals surface area contributed by atoms with Gasteiger partial charge in [-0.1, -0.05) is 54.6 Å². The number of benzene rings is 2. The van der Waals surface area contributed by atoms with E-state index in [1.807, 2.05) is 0 Å². The fraction of sp³-hybridized carbons (Fsp3) is 0.182. The zero-order chi connectivity index (χ0) is 23.5. The van der Waals surface area contributed by atoms with E-state index in [4.69, 9.17) is 10.2 Å². The highest BCUT2D eigenvalue weighted by Crippen LogP contribution is 2.34. The second-order valence-electron chi connectivity index (χ2n) is 6.95. The second-order valence-corrected chi connectivity index (χ2v) is 6.95. The fourth-order valence-electron chi connectivity index (χ4n) is 3.07. The second kappa shape index (κ2) is 9.04. The Balaban J connectivity index is 2.00. The highest BCUT2D eigenvalue weighted by atomic mass is 19.4. The molecule has 0 saturated heterocycles. The summed E-state index contributed by atoms with van der Waals surface area (Å²) in [6, 6.07) is 13.4. The summed E-state index contributed by atoms with van der Waals surface area (Å²) < 4.78 is 44.5. The lowest BCUT2D eigenvalue weighted by atomic mass is 10.0. The van der Waals surface area contributed by atoms with Crippen molar-refractivity contribution in [2.45, 2.75) is 25.6 Å². The van der Waals surface area contributed by atoms with Crippen LogP contribution in [0.4, 0.5) is 13.2 Å². The van der Waals surface area contributed by atoms with E-state index in [1.54, 1.807) is 55.5 Å². The number of aromatic nitrogens is 1. The molecule has 1 aromatic heterocycles. The smallest absolute Gasteiger partial charge is 0.427 e. The number of halogens is 3. The topological polar surface area (TPSA) is 115 Å². The van der Waals surface area contributed by atoms with E-state index >= 15 is 0 Å². The maximum Gasteiger partial charge on any atom is 0.468 e. The molecule has 2 amide bonds. The zero-order valence-electron chi connectivity index (χ0n) is 16.8. The number of ketones is 1. The molecular formula is C22H18F3N3O4. The molecule has 0 aliphatic heterocycles. The van der Waals surface area contributed by atoms with Gasteiger partial charge in [0, 0.05) is 12.0 Å². The van der Waals surface area contributed by atoms with Gasteiger partial charge in [-0.2, -0.15) is 13.2 Å². The van der Waals surface area contributed by atoms with Gasteiger partial charge in [-0.15, -0.1) is 0 Å². The third-order valence-corrected chi connectivity index (χ3v) is 4.62. The largest absolute Gasteiger partial charge is 0.468 e. The summed E-state index contributed by atoms with van der Waals surface area (Å²) in [7, 11) is 0. The van der Waals surface area contributed by atoms with Crippen LogP contribution in [0.15, 0.2) is 59.0 Å². The Kier molecular flexibility index (Phi) is 6.42. The molecular weight excluding hydrogens is 427 g/mol. The molecule has 0 spiro atoms. The van der Waals surface area contributed by atoms with Crippen molar-refractivity contribution in [1.82, 2.24) is 10.3 Å². The highest BCUT2D eigenvalue weighted by molar-refractivity contribution is 6.38. The molecule has 0 aliphatic carbocycles. The Labute approximate surface area is 180 Å². The molecule has 3 aromatic rings. The molecule has 3 rings (SSSR count). The van der Waals surface area contributed by atoms with Crippen LogP contribution in [0.25, 0.3) is 11.3 Å². The number of nitrogens with two attached hydrogens (primary N) is 1. The number of nitrogens with one attached hydrogen (secondary N) is 1. The zero-order valence-corrected chi connectivity index (χ0v) is 16.8. The number of hydrogen-bond acceptors (Lipinski definition) is 5. The Bertz CT molecular complexity index is 1160. The van der Waals surface area contributed by atoms with E-state index in [1.165, 1.54) is 6.07 Å². The van der Waals surface area contributed by atoms with E-state index in [2.05, 4.69) is 10.3 Å². The number of rotatable bonds is 7. The van der Waals surface area contributed by atoms with Gasteiger partial charge in [0.05, 0.1) is 0 Å². The molecule has 7 nitrogen and oxygen atoms in total. The Morgan fingerprint density at radius 1 is 1.06 bits per heavy atom. The molecule has 3 N–H and O–H groups in total. The van der Waals surface area contributed by atoms with Gasteiger partial charge in [-0.25, -0.2) is 4.98 Å². The molecule has 10 heteroatoms. The van der Waals surface area contributed by atoms with Crippen LogP contribution in [0.2, 0.25) is 0 Å². The van der Waals surface area contributed by atoms with Crippen LogP contribution in [0.1, 0.15) is 27.6 Å². The third-order valence-electron chi connectivity index (χ3n) is 4.62. The van der Waals surface area contributed by atoms with E-state index in [0.717, 1.165) is 0 Å². The van der Waals surface area contributed by atoms with Crippen molar-refractivity contribution in [3.05, 3.63) is 77.4 Å². The lowest BCUT2D eigenvalue weighted by Crippen LogP contribution is -2.47. The summed E-state index contributed by atoms with van der Waals surface area (Å²) in [5, 5.41) is 2.27. The maximum absolute atomic E-state index is 13.2. The molecule has 32 heavy (non-hydrogen) atoms. The van der Waals surface area contributed by atoms with Crippen molar-refractivity contribution in [3.8, 4) is 11.3 Å². The first-order valence-corrected chi connectivity index (χ1v) is 9.40. The molecule has 0 aliphatic rings. The Morgan fingerprint density at radius 3 is 2.28 bits per heavy atom. The van der Waals surface area contributed by atoms with Gasteiger partial charge in [-0.3, -0.25) is 14.4 Å². The number of carbonyl (C=O) groups excluding carboxylic acids is 3. The van der Waals surface area contributed by atoms with Gasteiger partial charge in [0.2, 0.25) is 11.5 Å². The average molecular weight is 445 g/mol. The number of amides is 2. The number of alkyl halides is 3. The predicted molar refractivity (Wildman–Crippen MR) is 107 cm³/mol. The lowest BCUT2D eigenvalue weighted by molar-refractivity contribution is -0.157. The van der Waals surface area contributed by atoms with Crippen LogP contribution in [0.3, 0.4) is 0 Å². The molecule has 1 heterocycles. The normalized spacial score (nSPS) is 12.2. The molecule has 1 unspecified atom stereocenters. The van der Waals surface area contributed by atoms with Crippen molar-refractivity contribution in [1.29, 1.82) is 0 Å². The Hall–Kier alpha value is -3.95. The molecule has 0 bridgehead atoms. The number of nitrogens with zero attached hydrogens (tertiary/aromatic N) is 1. The van der Waals surface area contributed by atoms with Crippen molar-refractivity contribution in [2.75, 3.05) is 0 Å². The fourth-order valence-corrected chi connectivity index (χ4v) is 3.07. The van der Waals surface area contributed by atoms with Crippen LogP contribution in [-0.4, -0.2) is 28.6 Å². The van der Waals surface area contributed by atoms with Crippen LogP contribution in [0, 0.1) is 6.92 Å². The van der Waals surface area contributed by atoms with Gasteiger partial charge >= 0.3 is 12.1 Å². The molecule has 0 radical (unpaired) electrons. The van der Waals surface area contributed by atoms with Crippen LogP contribution < -0.4 is 11.1 Å². The predicted octanol–water partition coefficient (Wildman–Crippen LogP) is 3.06. The molecule has 0 fully saturated rings. The minimum atomic E-state index is -4.94. The van der Waals surface area contributed by atoms with E-state index in [-0.39, 0.29) is 17.7 Å². The summed E-state index contributed by atoms with van der Waals surface area (Å²) in [5.41, 5.74) is 6.15. The first-order valence-electron chi connectivity index (χ1n) is 9.40. The minimum absolute atomic E-state index is 0.103. The Morgan fingerprint density at radius 2 is 1.69 bits per heavy atom. The molecule has 1 atom stereocenters. The summed E-state index contributed by atoms with van der Waals surface area (Å²) in [6.07, 6.45) is -5.04. The molecule has 2 aromatic carbocycles. The molecule has 166 valence electrons. The monoisotopic (exact) mass is 445 g/mol. The SMILES string of the molecule is Cc1ccccc1-c1nc(C(F)(F)F)oc1C(=O)NC(Cc1ccccc1)C(=O)C(N)=O. The van der Waals surface area contributed by atoms with E-state index < -0.39 is 41.5 Å². The van der Waals surface area contributed by atoms with Gasteiger partial charge in [0.25, 0.3) is 11.8 Å². The van der Waals surface area contributed by atoms with Crippen LogP contribution in [0.5, 0.6) is 0 Å². The number of hydrogen-bond donors (Lipinski definition) is 2. The number of Topliss-reactive ketones (excluding diaryl/α,β-unsaturated/α-hetero) is 1. The summed E-state index contributed by atoms with van der Waals surface area (Å²) in [4.78, 5) is 40.1. The lowest BCUT2D eigenvalue weighted by Gasteiger charge is -2.16. The van der Waals surface area contributed by atoms with E-state index in [9.17, 15) is 27.6 Å². The van der Waals surface area contributed by atoms with Gasteiger partial charge in [0.15, 0.2) is 0 Å². The van der Waals surface area contributed by atoms with Gasteiger partial charge in [0.1, 0.15) is 11.7 Å². The van der Waals surface area contributed by atoms with Crippen molar-refractivity contribution < 1.29 is 32.0 Å².